The van der Waals surface area contributed by atoms with Crippen molar-refractivity contribution in [2.75, 3.05) is 21.3 Å². The zero-order chi connectivity index (χ0) is 22.3. The van der Waals surface area contributed by atoms with Gasteiger partial charge in [-0.25, -0.2) is 9.59 Å². The number of imide groups is 1. The van der Waals surface area contributed by atoms with Gasteiger partial charge in [0, 0.05) is 23.3 Å². The molecule has 0 N–H and O–H groups in total. The van der Waals surface area contributed by atoms with Gasteiger partial charge in [0.25, 0.3) is 11.6 Å². The van der Waals surface area contributed by atoms with Gasteiger partial charge in [0.05, 0.1) is 26.3 Å². The molecular weight excluding hydrogens is 398 g/mol. The van der Waals surface area contributed by atoms with Gasteiger partial charge in [-0.15, -0.1) is 0 Å². The normalized spacial score (nSPS) is 10.7. The fraction of sp³-hybridized carbons (Fsp3) is 0.158. The molecule has 3 amide bonds. The molecule has 0 aliphatic heterocycles. The van der Waals surface area contributed by atoms with E-state index in [9.17, 15) is 24.5 Å². The van der Waals surface area contributed by atoms with Crippen LogP contribution in [-0.2, 0) is 9.47 Å². The van der Waals surface area contributed by atoms with E-state index in [0.717, 1.165) is 26.4 Å². The van der Waals surface area contributed by atoms with E-state index in [4.69, 9.17) is 4.74 Å². The largest absolute Gasteiger partial charge is 0.497 e. The third-order valence-corrected chi connectivity index (χ3v) is 3.82. The van der Waals surface area contributed by atoms with Gasteiger partial charge < -0.3 is 14.2 Å². The van der Waals surface area contributed by atoms with Gasteiger partial charge in [-0.2, -0.15) is 9.89 Å². The number of amidine groups is 1. The molecule has 2 aromatic rings. The second-order valence-corrected chi connectivity index (χ2v) is 5.55. The minimum absolute atomic E-state index is 0.0678. The van der Waals surface area contributed by atoms with Gasteiger partial charge >= 0.3 is 12.2 Å². The molecule has 0 saturated heterocycles. The molecule has 0 aromatic heterocycles. The van der Waals surface area contributed by atoms with Gasteiger partial charge in [0.2, 0.25) is 0 Å². The Morgan fingerprint density at radius 3 is 1.93 bits per heavy atom. The van der Waals surface area contributed by atoms with Crippen molar-refractivity contribution >= 4 is 29.6 Å². The Morgan fingerprint density at radius 1 is 0.900 bits per heavy atom. The number of non-ortho nitro benzene ring substituents is 1. The van der Waals surface area contributed by atoms with Crippen LogP contribution in [0.1, 0.15) is 15.9 Å². The summed E-state index contributed by atoms with van der Waals surface area (Å²) in [5.41, 5.74) is -0.0961. The number of benzene rings is 2. The average molecular weight is 415 g/mol. The average Bonchev–Trinajstić information content (AvgIpc) is 2.78. The van der Waals surface area contributed by atoms with Crippen molar-refractivity contribution in [2.45, 2.75) is 0 Å². The van der Waals surface area contributed by atoms with Crippen LogP contribution in [0, 0.1) is 10.1 Å². The number of methoxy groups -OCH3 is 3. The topological polar surface area (TPSA) is 138 Å². The molecule has 0 bridgehead atoms. The zero-order valence-electron chi connectivity index (χ0n) is 16.2. The summed E-state index contributed by atoms with van der Waals surface area (Å²) in [5, 5.41) is 10.9. The number of hydrogen-bond acceptors (Lipinski definition) is 8. The maximum absolute atomic E-state index is 13.0. The first-order chi connectivity index (χ1) is 14.3. The molecule has 0 atom stereocenters. The van der Waals surface area contributed by atoms with Crippen LogP contribution in [0.25, 0.3) is 0 Å². The van der Waals surface area contributed by atoms with E-state index in [1.165, 1.54) is 43.5 Å². The van der Waals surface area contributed by atoms with Gasteiger partial charge in [-0.3, -0.25) is 14.9 Å². The van der Waals surface area contributed by atoms with Gasteiger partial charge in [-0.05, 0) is 36.4 Å². The smallest absolute Gasteiger partial charge is 0.435 e. The number of carbonyl (C=O) groups is 3. The van der Waals surface area contributed by atoms with Crippen LogP contribution in [0.4, 0.5) is 15.3 Å². The molecule has 0 unspecified atom stereocenters. The number of rotatable bonds is 4. The van der Waals surface area contributed by atoms with E-state index in [-0.39, 0.29) is 16.8 Å². The molecule has 11 nitrogen and oxygen atoms in total. The lowest BCUT2D eigenvalue weighted by molar-refractivity contribution is -0.384. The highest BCUT2D eigenvalue weighted by Crippen LogP contribution is 2.19. The fourth-order valence-corrected chi connectivity index (χ4v) is 2.33. The second-order valence-electron chi connectivity index (χ2n) is 5.55. The van der Waals surface area contributed by atoms with Crippen molar-refractivity contribution in [2.24, 2.45) is 4.99 Å². The van der Waals surface area contributed by atoms with Crippen molar-refractivity contribution in [1.29, 1.82) is 0 Å². The number of nitro benzene ring substituents is 1. The molecule has 0 heterocycles. The van der Waals surface area contributed by atoms with E-state index < -0.39 is 28.9 Å². The highest BCUT2D eigenvalue weighted by molar-refractivity contribution is 6.22. The fourth-order valence-electron chi connectivity index (χ4n) is 2.33. The lowest BCUT2D eigenvalue weighted by Crippen LogP contribution is -2.42. The Morgan fingerprint density at radius 2 is 1.47 bits per heavy atom. The third kappa shape index (κ3) is 4.95. The number of hydrogen-bond donors (Lipinski definition) is 0. The minimum Gasteiger partial charge on any atom is -0.497 e. The lowest BCUT2D eigenvalue weighted by Gasteiger charge is -2.21. The van der Waals surface area contributed by atoms with Crippen molar-refractivity contribution in [1.82, 2.24) is 4.90 Å². The summed E-state index contributed by atoms with van der Waals surface area (Å²) >= 11 is 0. The van der Waals surface area contributed by atoms with Crippen molar-refractivity contribution in [3.8, 4) is 5.75 Å². The Bertz CT molecular complexity index is 984. The maximum Gasteiger partial charge on any atom is 0.435 e. The number of carbonyl (C=O) groups excluding carboxylic acids is 3. The van der Waals surface area contributed by atoms with Crippen molar-refractivity contribution < 1.29 is 33.5 Å². The standard InChI is InChI=1S/C19H17N3O8/c1-28-15-10-6-13(7-11-15)17(23)21(19(25)30-3)16(20-18(24)29-2)12-4-8-14(9-5-12)22(26)27/h4-11H,1-3H3/b20-16+. The maximum atomic E-state index is 13.0. The SMILES string of the molecule is COC(=O)/N=C(\c1ccc([N+](=O)[O-])cc1)N(C(=O)OC)C(=O)c1ccc(OC)cc1. The lowest BCUT2D eigenvalue weighted by atomic mass is 10.1. The predicted molar refractivity (Wildman–Crippen MR) is 104 cm³/mol. The van der Waals surface area contributed by atoms with Gasteiger partial charge in [-0.1, -0.05) is 0 Å². The molecule has 0 radical (unpaired) electrons. The van der Waals surface area contributed by atoms with E-state index in [1.807, 2.05) is 0 Å². The first-order valence-electron chi connectivity index (χ1n) is 8.30. The Kier molecular flexibility index (Phi) is 7.17. The van der Waals surface area contributed by atoms with E-state index >= 15 is 0 Å². The molecule has 2 rings (SSSR count). The van der Waals surface area contributed by atoms with Gasteiger partial charge in [0.15, 0.2) is 5.84 Å². The van der Waals surface area contributed by atoms with Crippen LogP contribution >= 0.6 is 0 Å². The monoisotopic (exact) mass is 415 g/mol. The molecule has 0 fully saturated rings. The van der Waals surface area contributed by atoms with Gasteiger partial charge in [0.1, 0.15) is 5.75 Å². The predicted octanol–water partition coefficient (Wildman–Crippen LogP) is 3.03. The number of aliphatic imine (C=N–C) groups is 1. The molecule has 0 aliphatic rings. The summed E-state index contributed by atoms with van der Waals surface area (Å²) in [5.74, 6) is -0.801. The highest BCUT2D eigenvalue weighted by atomic mass is 16.6. The van der Waals surface area contributed by atoms with Crippen LogP contribution in [0.2, 0.25) is 0 Å². The summed E-state index contributed by atoms with van der Waals surface area (Å²) < 4.78 is 14.2. The molecular formula is C19H17N3O8. The van der Waals surface area contributed by atoms with Crippen LogP contribution in [0.15, 0.2) is 53.5 Å². The summed E-state index contributed by atoms with van der Waals surface area (Å²) in [6, 6.07) is 10.6. The summed E-state index contributed by atoms with van der Waals surface area (Å²) in [6.07, 6.45) is -2.23. The summed E-state index contributed by atoms with van der Waals surface area (Å²) in [4.78, 5) is 51.7. The van der Waals surface area contributed by atoms with Crippen molar-refractivity contribution in [3.63, 3.8) is 0 Å². The minimum atomic E-state index is -1.13. The molecule has 0 saturated carbocycles. The number of ether oxygens (including phenoxy) is 3. The van der Waals surface area contributed by atoms with Crippen LogP contribution in [0.5, 0.6) is 5.75 Å². The first-order valence-corrected chi connectivity index (χ1v) is 8.30. The van der Waals surface area contributed by atoms with Crippen molar-refractivity contribution in [3.05, 3.63) is 69.8 Å². The first kappa shape index (κ1) is 22.0. The second kappa shape index (κ2) is 9.78. The Labute approximate surface area is 170 Å². The quantitative estimate of drug-likeness (QED) is 0.321. The summed E-state index contributed by atoms with van der Waals surface area (Å²) in [7, 11) is 3.56. The highest BCUT2D eigenvalue weighted by Gasteiger charge is 2.31. The molecule has 2 aromatic carbocycles. The van der Waals surface area contributed by atoms with E-state index in [0.29, 0.717) is 10.6 Å². The van der Waals surface area contributed by atoms with Crippen LogP contribution < -0.4 is 4.74 Å². The summed E-state index contributed by atoms with van der Waals surface area (Å²) in [6.45, 7) is 0. The van der Waals surface area contributed by atoms with Crippen LogP contribution in [-0.4, -0.2) is 55.1 Å². The zero-order valence-corrected chi connectivity index (χ0v) is 16.2. The van der Waals surface area contributed by atoms with E-state index in [1.54, 1.807) is 0 Å². The number of nitrogens with zero attached hydrogens (tertiary/aromatic N) is 3. The van der Waals surface area contributed by atoms with Crippen LogP contribution in [0.3, 0.4) is 0 Å². The molecule has 156 valence electrons. The Balaban J connectivity index is 2.59. The molecule has 30 heavy (non-hydrogen) atoms. The number of nitro groups is 1. The molecule has 11 heteroatoms. The molecule has 0 spiro atoms. The van der Waals surface area contributed by atoms with E-state index in [2.05, 4.69) is 14.5 Å². The Hall–Kier alpha value is -4.28. The molecule has 0 aliphatic carbocycles. The number of amides is 3. The third-order valence-electron chi connectivity index (χ3n) is 3.82.